The van der Waals surface area contributed by atoms with E-state index in [0.717, 1.165) is 11.8 Å². The van der Waals surface area contributed by atoms with Crippen molar-refractivity contribution in [2.75, 3.05) is 6.01 Å². The molecule has 1 aromatic heterocycles. The zero-order valence-electron chi connectivity index (χ0n) is 10.2. The van der Waals surface area contributed by atoms with Crippen LogP contribution in [0.5, 0.6) is 5.88 Å². The maximum absolute atomic E-state index is 12.5. The molecule has 106 valence electrons. The number of carbonyl (C=O) groups is 1. The normalized spacial score (nSPS) is 10.4. The van der Waals surface area contributed by atoms with Crippen LogP contribution in [-0.4, -0.2) is 32.2 Å². The number of benzene rings is 1. The third-order valence-corrected chi connectivity index (χ3v) is 3.29. The number of ether oxygens (including phenoxy) is 1. The molecule has 0 saturated heterocycles. The van der Waals surface area contributed by atoms with Gasteiger partial charge in [-0.15, -0.1) is 4.85 Å². The van der Waals surface area contributed by atoms with E-state index in [0.29, 0.717) is 15.3 Å². The van der Waals surface area contributed by atoms with E-state index in [2.05, 4.69) is 5.10 Å². The minimum Gasteiger partial charge on any atom is -0.478 e. The van der Waals surface area contributed by atoms with Crippen LogP contribution in [0.4, 0.5) is 4.39 Å². The Morgan fingerprint density at radius 2 is 2.25 bits per heavy atom. The monoisotopic (exact) mass is 298 g/mol. The first-order valence-corrected chi connectivity index (χ1v) is 6.52. The molecule has 0 atom stereocenters. The Hall–Kier alpha value is -2.22. The number of aromatic carboxylic acids is 1. The number of halogens is 1. The third kappa shape index (κ3) is 3.21. The number of carboxylic acids is 1. The van der Waals surface area contributed by atoms with E-state index in [-0.39, 0.29) is 18.1 Å². The van der Waals surface area contributed by atoms with Gasteiger partial charge in [0.15, 0.2) is 0 Å². The van der Waals surface area contributed by atoms with Gasteiger partial charge in [0.05, 0.1) is 11.8 Å². The van der Waals surface area contributed by atoms with Crippen LogP contribution >= 0.6 is 11.8 Å². The van der Waals surface area contributed by atoms with E-state index in [9.17, 15) is 9.18 Å². The van der Waals surface area contributed by atoms with Crippen LogP contribution in [0.25, 0.3) is 0 Å². The highest BCUT2D eigenvalue weighted by atomic mass is 32.2. The van der Waals surface area contributed by atoms with Crippen molar-refractivity contribution in [1.82, 2.24) is 9.94 Å². The fourth-order valence-electron chi connectivity index (χ4n) is 1.63. The number of rotatable bonds is 6. The van der Waals surface area contributed by atoms with Crippen LogP contribution in [0.1, 0.15) is 15.9 Å². The molecule has 0 aliphatic carbocycles. The van der Waals surface area contributed by atoms with Crippen molar-refractivity contribution in [3.63, 3.8) is 0 Å². The molecule has 0 bridgehead atoms. The Balaban J connectivity index is 2.25. The summed E-state index contributed by atoms with van der Waals surface area (Å²) in [5, 5.41) is 21.7. The fraction of sp³-hybridized carbons (Fsp3) is 0.167. The number of hydrogen-bond acceptors (Lipinski definition) is 5. The van der Waals surface area contributed by atoms with Gasteiger partial charge in [0.25, 0.3) is 0 Å². The number of thioether (sulfide) groups is 1. The molecular formula is C12H11FN2O4S. The number of hydrogen-bond donors (Lipinski definition) is 2. The Morgan fingerprint density at radius 3 is 2.85 bits per heavy atom. The molecule has 8 heteroatoms. The molecule has 0 aliphatic rings. The van der Waals surface area contributed by atoms with Gasteiger partial charge in [-0.2, -0.15) is 0 Å². The Labute approximate surface area is 117 Å². The van der Waals surface area contributed by atoms with Gasteiger partial charge >= 0.3 is 5.97 Å². The summed E-state index contributed by atoms with van der Waals surface area (Å²) in [4.78, 5) is 12.3. The summed E-state index contributed by atoms with van der Waals surface area (Å²) in [7, 11) is 0. The lowest BCUT2D eigenvalue weighted by atomic mass is 10.1. The second-order valence-corrected chi connectivity index (χ2v) is 4.65. The lowest BCUT2D eigenvalue weighted by Crippen LogP contribution is -2.07. The van der Waals surface area contributed by atoms with Gasteiger partial charge in [-0.05, 0) is 12.1 Å². The molecule has 0 unspecified atom stereocenters. The first-order chi connectivity index (χ1) is 9.61. The maximum atomic E-state index is 12.5. The zero-order valence-corrected chi connectivity index (χ0v) is 11.0. The molecule has 20 heavy (non-hydrogen) atoms. The minimum atomic E-state index is -1.11. The molecule has 0 spiro atoms. The summed E-state index contributed by atoms with van der Waals surface area (Å²) in [5.74, 6) is -0.971. The first kappa shape index (κ1) is 14.2. The minimum absolute atomic E-state index is 0.0480. The van der Waals surface area contributed by atoms with E-state index < -0.39 is 12.0 Å². The van der Waals surface area contributed by atoms with E-state index in [1.165, 1.54) is 18.3 Å². The molecule has 0 aliphatic heterocycles. The van der Waals surface area contributed by atoms with Crippen LogP contribution in [0.3, 0.4) is 0 Å². The highest BCUT2D eigenvalue weighted by Crippen LogP contribution is 2.27. The molecule has 6 nitrogen and oxygen atoms in total. The molecule has 1 aromatic carbocycles. The number of carboxylic acid groups (broad SMARTS) is 1. The second kappa shape index (κ2) is 6.29. The summed E-state index contributed by atoms with van der Waals surface area (Å²) >= 11 is 0.889. The largest absolute Gasteiger partial charge is 0.478 e. The maximum Gasteiger partial charge on any atom is 0.336 e. The summed E-state index contributed by atoms with van der Waals surface area (Å²) in [5.41, 5.74) is 0.419. The van der Waals surface area contributed by atoms with E-state index in [4.69, 9.17) is 15.1 Å². The summed E-state index contributed by atoms with van der Waals surface area (Å²) in [6.45, 7) is -0.0815. The molecule has 2 aromatic rings. The number of alkyl halides is 1. The zero-order chi connectivity index (χ0) is 14.5. The van der Waals surface area contributed by atoms with Crippen molar-refractivity contribution in [2.45, 2.75) is 11.5 Å². The summed E-state index contributed by atoms with van der Waals surface area (Å²) in [6.07, 6.45) is 1.27. The van der Waals surface area contributed by atoms with Gasteiger partial charge in [0.2, 0.25) is 5.88 Å². The predicted molar refractivity (Wildman–Crippen MR) is 69.0 cm³/mol. The number of aromatic nitrogens is 2. The van der Waals surface area contributed by atoms with Crippen LogP contribution in [-0.2, 0) is 6.61 Å². The highest BCUT2D eigenvalue weighted by Gasteiger charge is 2.15. The third-order valence-electron chi connectivity index (χ3n) is 2.49. The number of nitrogens with zero attached hydrogens (tertiary/aromatic N) is 2. The van der Waals surface area contributed by atoms with Gasteiger partial charge in [-0.3, -0.25) is 0 Å². The molecule has 0 amide bonds. The Bertz CT molecular complexity index is 617. The van der Waals surface area contributed by atoms with Crippen LogP contribution in [0.2, 0.25) is 0 Å². The molecular weight excluding hydrogens is 287 g/mol. The summed E-state index contributed by atoms with van der Waals surface area (Å²) in [6, 6.07) is 5.36. The van der Waals surface area contributed by atoms with Crippen LogP contribution < -0.4 is 4.74 Å². The van der Waals surface area contributed by atoms with Gasteiger partial charge in [-0.25, -0.2) is 9.18 Å². The molecule has 1 heterocycles. The van der Waals surface area contributed by atoms with Crippen LogP contribution in [0.15, 0.2) is 35.4 Å². The quantitative estimate of drug-likeness (QED) is 0.629. The molecule has 0 radical (unpaired) electrons. The van der Waals surface area contributed by atoms with Crippen molar-refractivity contribution >= 4 is 17.7 Å². The van der Waals surface area contributed by atoms with Crippen molar-refractivity contribution in [1.29, 1.82) is 0 Å². The van der Waals surface area contributed by atoms with Crippen molar-refractivity contribution < 1.29 is 24.2 Å². The average molecular weight is 298 g/mol. The topological polar surface area (TPSA) is 84.6 Å². The Morgan fingerprint density at radius 1 is 1.45 bits per heavy atom. The molecule has 2 N–H and O–H groups in total. The van der Waals surface area contributed by atoms with Gasteiger partial charge < -0.3 is 15.1 Å². The average Bonchev–Trinajstić information content (AvgIpc) is 2.83. The van der Waals surface area contributed by atoms with Gasteiger partial charge in [0, 0.05) is 16.5 Å². The Kier molecular flexibility index (Phi) is 4.46. The standard InChI is InChI=1S/C12H11FN2O4S/c13-7-20-10-3-1-2-8(12(16)17)9(10)6-19-11-4-5-15(18)14-11/h1-5,18H,6-7H2,(H,16,17). The van der Waals surface area contributed by atoms with Gasteiger partial charge in [-0.1, -0.05) is 22.9 Å². The van der Waals surface area contributed by atoms with Crippen LogP contribution in [0, 0.1) is 0 Å². The lowest BCUT2D eigenvalue weighted by molar-refractivity contribution is 0.0693. The van der Waals surface area contributed by atoms with E-state index in [1.54, 1.807) is 12.1 Å². The summed E-state index contributed by atoms with van der Waals surface area (Å²) < 4.78 is 17.8. The van der Waals surface area contributed by atoms with Crippen molar-refractivity contribution in [3.05, 3.63) is 41.6 Å². The predicted octanol–water partition coefficient (Wildman–Crippen LogP) is 2.42. The van der Waals surface area contributed by atoms with Gasteiger partial charge in [0.1, 0.15) is 12.6 Å². The highest BCUT2D eigenvalue weighted by molar-refractivity contribution is 7.99. The van der Waals surface area contributed by atoms with Crippen molar-refractivity contribution in [3.8, 4) is 5.88 Å². The van der Waals surface area contributed by atoms with Crippen molar-refractivity contribution in [2.24, 2.45) is 0 Å². The smallest absolute Gasteiger partial charge is 0.336 e. The second-order valence-electron chi connectivity index (χ2n) is 3.70. The fourth-order valence-corrected chi connectivity index (χ4v) is 2.27. The molecule has 0 fully saturated rings. The first-order valence-electron chi connectivity index (χ1n) is 5.53. The van der Waals surface area contributed by atoms with E-state index >= 15 is 0 Å². The molecule has 2 rings (SSSR count). The SMILES string of the molecule is O=C(O)c1cccc(SCF)c1COc1ccn(O)n1. The molecule has 0 saturated carbocycles. The van der Waals surface area contributed by atoms with E-state index in [1.807, 2.05) is 0 Å². The lowest BCUT2D eigenvalue weighted by Gasteiger charge is -2.11.